The Balaban J connectivity index is 1.55. The molecule has 1 N–H and O–H groups in total. The van der Waals surface area contributed by atoms with Crippen molar-refractivity contribution in [2.75, 3.05) is 13.2 Å². The molecule has 4 nitrogen and oxygen atoms in total. The van der Waals surface area contributed by atoms with Crippen LogP contribution in [0.5, 0.6) is 0 Å². The highest BCUT2D eigenvalue weighted by atomic mass is 16.5. The predicted octanol–water partition coefficient (Wildman–Crippen LogP) is 3.17. The van der Waals surface area contributed by atoms with Crippen molar-refractivity contribution >= 4 is 11.9 Å². The van der Waals surface area contributed by atoms with Crippen molar-refractivity contribution in [1.29, 1.82) is 0 Å². The van der Waals surface area contributed by atoms with Gasteiger partial charge in [0.15, 0.2) is 0 Å². The quantitative estimate of drug-likeness (QED) is 0.621. The summed E-state index contributed by atoms with van der Waals surface area (Å²) < 4.78 is 5.25. The minimum absolute atomic E-state index is 0.000657. The Morgan fingerprint density at radius 1 is 1.13 bits per heavy atom. The molecule has 4 heteroatoms. The Bertz CT molecular complexity index is 504. The highest BCUT2D eigenvalue weighted by Crippen LogP contribution is 2.24. The van der Waals surface area contributed by atoms with Crippen LogP contribution < -0.4 is 5.32 Å². The molecule has 0 saturated heterocycles. The number of amides is 1. The lowest BCUT2D eigenvalue weighted by Gasteiger charge is -2.19. The van der Waals surface area contributed by atoms with Gasteiger partial charge < -0.3 is 10.1 Å². The first kappa shape index (κ1) is 17.5. The highest BCUT2D eigenvalue weighted by molar-refractivity contribution is 5.76. The van der Waals surface area contributed by atoms with E-state index in [2.05, 4.69) is 29.6 Å². The molecule has 1 amide bonds. The van der Waals surface area contributed by atoms with Gasteiger partial charge in [-0.2, -0.15) is 0 Å². The summed E-state index contributed by atoms with van der Waals surface area (Å²) in [7, 11) is 0. The van der Waals surface area contributed by atoms with E-state index in [1.165, 1.54) is 12.0 Å². The minimum atomic E-state index is -0.0985. The summed E-state index contributed by atoms with van der Waals surface area (Å²) in [5, 5.41) is 2.81. The molecule has 0 unspecified atom stereocenters. The van der Waals surface area contributed by atoms with Crippen LogP contribution in [-0.4, -0.2) is 25.0 Å². The lowest BCUT2D eigenvalue weighted by atomic mass is 9.89. The van der Waals surface area contributed by atoms with Gasteiger partial charge in [-0.1, -0.05) is 49.1 Å². The first-order chi connectivity index (χ1) is 11.1. The van der Waals surface area contributed by atoms with Gasteiger partial charge in [-0.3, -0.25) is 9.59 Å². The zero-order chi connectivity index (χ0) is 16.5. The van der Waals surface area contributed by atoms with E-state index in [0.717, 1.165) is 37.7 Å². The summed E-state index contributed by atoms with van der Waals surface area (Å²) >= 11 is 0. The fraction of sp³-hybridized carbons (Fsp3) is 0.579. The average molecular weight is 317 g/mol. The highest BCUT2D eigenvalue weighted by Gasteiger charge is 2.22. The van der Waals surface area contributed by atoms with Crippen LogP contribution >= 0.6 is 0 Å². The number of nitrogens with one attached hydrogen (secondary N) is 1. The van der Waals surface area contributed by atoms with Gasteiger partial charge in [0.1, 0.15) is 6.61 Å². The second-order valence-corrected chi connectivity index (χ2v) is 6.34. The van der Waals surface area contributed by atoms with Crippen LogP contribution in [0.4, 0.5) is 0 Å². The molecule has 23 heavy (non-hydrogen) atoms. The third-order valence-electron chi connectivity index (χ3n) is 4.37. The Hall–Kier alpha value is -1.84. The lowest BCUT2D eigenvalue weighted by molar-refractivity contribution is -0.149. The molecule has 1 aliphatic rings. The SMILES string of the molecule is Cc1ccc(CCC(=O)NCCOC(=O)C2CCCCC2)cc1. The van der Waals surface area contributed by atoms with E-state index in [-0.39, 0.29) is 24.4 Å². The molecule has 0 aromatic heterocycles. The second kappa shape index (κ2) is 9.33. The Morgan fingerprint density at radius 2 is 1.83 bits per heavy atom. The molecular weight excluding hydrogens is 290 g/mol. The maximum atomic E-state index is 11.8. The molecule has 1 aliphatic carbocycles. The number of hydrogen-bond donors (Lipinski definition) is 1. The van der Waals surface area contributed by atoms with E-state index in [4.69, 9.17) is 4.74 Å². The molecular formula is C19H27NO3. The van der Waals surface area contributed by atoms with E-state index in [0.29, 0.717) is 13.0 Å². The minimum Gasteiger partial charge on any atom is -0.464 e. The van der Waals surface area contributed by atoms with Gasteiger partial charge in [0.2, 0.25) is 5.91 Å². The van der Waals surface area contributed by atoms with Crippen molar-refractivity contribution in [2.45, 2.75) is 51.9 Å². The van der Waals surface area contributed by atoms with Gasteiger partial charge in [0.05, 0.1) is 12.5 Å². The first-order valence-electron chi connectivity index (χ1n) is 8.64. The maximum Gasteiger partial charge on any atom is 0.308 e. The van der Waals surface area contributed by atoms with Crippen molar-refractivity contribution in [3.8, 4) is 0 Å². The standard InChI is InChI=1S/C19H27NO3/c1-15-7-9-16(10-8-15)11-12-18(21)20-13-14-23-19(22)17-5-3-2-4-6-17/h7-10,17H,2-6,11-14H2,1H3,(H,20,21). The largest absolute Gasteiger partial charge is 0.464 e. The molecule has 0 radical (unpaired) electrons. The third kappa shape index (κ3) is 6.43. The number of hydrogen-bond acceptors (Lipinski definition) is 3. The molecule has 0 bridgehead atoms. The van der Waals surface area contributed by atoms with Crippen molar-refractivity contribution in [2.24, 2.45) is 5.92 Å². The smallest absolute Gasteiger partial charge is 0.308 e. The van der Waals surface area contributed by atoms with Gasteiger partial charge in [-0.15, -0.1) is 0 Å². The molecule has 0 atom stereocenters. The summed E-state index contributed by atoms with van der Waals surface area (Å²) in [5.41, 5.74) is 2.38. The first-order valence-corrected chi connectivity index (χ1v) is 8.64. The summed E-state index contributed by atoms with van der Waals surface area (Å²) in [6.45, 7) is 2.71. The average Bonchev–Trinajstić information content (AvgIpc) is 2.59. The van der Waals surface area contributed by atoms with Crippen LogP contribution in [0.25, 0.3) is 0 Å². The maximum absolute atomic E-state index is 11.8. The molecule has 1 fully saturated rings. The zero-order valence-corrected chi connectivity index (χ0v) is 14.0. The van der Waals surface area contributed by atoms with Gasteiger partial charge in [0.25, 0.3) is 0 Å². The number of carbonyl (C=O) groups is 2. The third-order valence-corrected chi connectivity index (χ3v) is 4.37. The Kier molecular flexibility index (Phi) is 7.11. The number of rotatable bonds is 7. The van der Waals surface area contributed by atoms with E-state index in [9.17, 15) is 9.59 Å². The van der Waals surface area contributed by atoms with Crippen LogP contribution in [-0.2, 0) is 20.7 Å². The van der Waals surface area contributed by atoms with Gasteiger partial charge in [-0.25, -0.2) is 0 Å². The van der Waals surface area contributed by atoms with Crippen molar-refractivity contribution in [3.05, 3.63) is 35.4 Å². The fourth-order valence-corrected chi connectivity index (χ4v) is 2.90. The van der Waals surface area contributed by atoms with Crippen LogP contribution in [0.3, 0.4) is 0 Å². The summed E-state index contributed by atoms with van der Waals surface area (Å²) in [6.07, 6.45) is 6.54. The molecule has 1 aromatic carbocycles. The van der Waals surface area contributed by atoms with E-state index in [1.54, 1.807) is 0 Å². The topological polar surface area (TPSA) is 55.4 Å². The van der Waals surface area contributed by atoms with Crippen LogP contribution in [0, 0.1) is 12.8 Å². The van der Waals surface area contributed by atoms with Crippen molar-refractivity contribution in [1.82, 2.24) is 5.32 Å². The summed E-state index contributed by atoms with van der Waals surface area (Å²) in [6, 6.07) is 8.21. The number of benzene rings is 1. The number of esters is 1. The molecule has 1 aromatic rings. The van der Waals surface area contributed by atoms with Crippen molar-refractivity contribution < 1.29 is 14.3 Å². The molecule has 126 valence electrons. The van der Waals surface area contributed by atoms with Gasteiger partial charge in [0, 0.05) is 6.42 Å². The summed E-state index contributed by atoms with van der Waals surface area (Å²) in [4.78, 5) is 23.6. The Morgan fingerprint density at radius 3 is 2.52 bits per heavy atom. The molecule has 0 heterocycles. The molecule has 1 saturated carbocycles. The number of aryl methyl sites for hydroxylation is 2. The molecule has 0 aliphatic heterocycles. The van der Waals surface area contributed by atoms with Gasteiger partial charge in [-0.05, 0) is 31.7 Å². The van der Waals surface area contributed by atoms with Crippen molar-refractivity contribution in [3.63, 3.8) is 0 Å². The van der Waals surface area contributed by atoms with Crippen LogP contribution in [0.2, 0.25) is 0 Å². The second-order valence-electron chi connectivity index (χ2n) is 6.34. The number of carbonyl (C=O) groups excluding carboxylic acids is 2. The van der Waals surface area contributed by atoms with Crippen LogP contribution in [0.1, 0.15) is 49.7 Å². The van der Waals surface area contributed by atoms with Gasteiger partial charge >= 0.3 is 5.97 Å². The summed E-state index contributed by atoms with van der Waals surface area (Å²) in [5.74, 6) is -0.0288. The molecule has 0 spiro atoms. The molecule has 2 rings (SSSR count). The van der Waals surface area contributed by atoms with E-state index >= 15 is 0 Å². The predicted molar refractivity (Wildman–Crippen MR) is 90.0 cm³/mol. The van der Waals surface area contributed by atoms with E-state index < -0.39 is 0 Å². The normalized spacial score (nSPS) is 15.2. The fourth-order valence-electron chi connectivity index (χ4n) is 2.90. The monoisotopic (exact) mass is 317 g/mol. The Labute approximate surface area is 138 Å². The zero-order valence-electron chi connectivity index (χ0n) is 14.0. The number of ether oxygens (including phenoxy) is 1. The lowest BCUT2D eigenvalue weighted by Crippen LogP contribution is -2.29. The van der Waals surface area contributed by atoms with E-state index in [1.807, 2.05) is 6.92 Å². The van der Waals surface area contributed by atoms with Crippen LogP contribution in [0.15, 0.2) is 24.3 Å².